The molecule has 0 saturated heterocycles. The molecule has 3 rings (SSSR count). The number of nitrogens with zero attached hydrogens (tertiary/aromatic N) is 2. The van der Waals surface area contributed by atoms with Crippen LogP contribution in [0, 0.1) is 13.8 Å². The van der Waals surface area contributed by atoms with Crippen LogP contribution < -0.4 is 14.4 Å². The average Bonchev–Trinajstić information content (AvgIpc) is 2.92. The maximum atomic E-state index is 14.0. The van der Waals surface area contributed by atoms with E-state index < -0.39 is 28.5 Å². The number of anilines is 1. The minimum Gasteiger partial charge on any atom is -0.497 e. The summed E-state index contributed by atoms with van der Waals surface area (Å²) < 4.78 is 34.3. The van der Waals surface area contributed by atoms with Gasteiger partial charge in [0.25, 0.3) is 10.0 Å². The number of aryl methyl sites for hydroxylation is 2. The molecule has 3 aromatic carbocycles. The highest BCUT2D eigenvalue weighted by Crippen LogP contribution is 2.28. The Bertz CT molecular complexity index is 1390. The maximum absolute atomic E-state index is 14.0. The van der Waals surface area contributed by atoms with Gasteiger partial charge in [0, 0.05) is 13.1 Å². The second-order valence-corrected chi connectivity index (χ2v) is 11.2. The summed E-state index contributed by atoms with van der Waals surface area (Å²) in [7, 11) is -2.55. The molecule has 1 N–H and O–H groups in total. The standard InChI is InChI=1S/C30H37N3O5S/c1-6-27(30(35)31-7-2)32(20-24-12-10-13-25(19-24)38-5)29(34)21-33(28-14-9-8-11-23(28)4)39(36,37)26-17-15-22(3)16-18-26/h8-19,27H,6-7,20-21H2,1-5H3,(H,31,35). The van der Waals surface area contributed by atoms with E-state index in [1.54, 1.807) is 56.5 Å². The molecule has 0 aliphatic carbocycles. The van der Waals surface area contributed by atoms with E-state index in [0.717, 1.165) is 15.4 Å². The fraction of sp³-hybridized carbons (Fsp3) is 0.333. The van der Waals surface area contributed by atoms with Crippen LogP contribution >= 0.6 is 0 Å². The molecule has 0 aliphatic rings. The first-order valence-corrected chi connectivity index (χ1v) is 14.4. The molecule has 0 fully saturated rings. The van der Waals surface area contributed by atoms with Gasteiger partial charge in [-0.15, -0.1) is 0 Å². The minimum atomic E-state index is -4.10. The Morgan fingerprint density at radius 1 is 0.949 bits per heavy atom. The molecule has 0 heterocycles. The second-order valence-electron chi connectivity index (χ2n) is 9.30. The number of hydrogen-bond donors (Lipinski definition) is 1. The van der Waals surface area contributed by atoms with Crippen LogP contribution in [0.25, 0.3) is 0 Å². The van der Waals surface area contributed by atoms with E-state index >= 15 is 0 Å². The van der Waals surface area contributed by atoms with Gasteiger partial charge in [-0.3, -0.25) is 13.9 Å². The average molecular weight is 552 g/mol. The molecular weight excluding hydrogens is 514 g/mol. The highest BCUT2D eigenvalue weighted by atomic mass is 32.2. The zero-order valence-electron chi connectivity index (χ0n) is 23.2. The van der Waals surface area contributed by atoms with Crippen LogP contribution in [0.5, 0.6) is 5.75 Å². The van der Waals surface area contributed by atoms with Crippen LogP contribution in [-0.4, -0.2) is 51.4 Å². The van der Waals surface area contributed by atoms with Gasteiger partial charge in [0.05, 0.1) is 17.7 Å². The summed E-state index contributed by atoms with van der Waals surface area (Å²) in [6.07, 6.45) is 0.358. The van der Waals surface area contributed by atoms with Crippen molar-refractivity contribution in [3.8, 4) is 5.75 Å². The van der Waals surface area contributed by atoms with Crippen molar-refractivity contribution in [1.82, 2.24) is 10.2 Å². The lowest BCUT2D eigenvalue weighted by Crippen LogP contribution is -2.52. The van der Waals surface area contributed by atoms with E-state index in [4.69, 9.17) is 4.74 Å². The minimum absolute atomic E-state index is 0.0827. The Morgan fingerprint density at radius 2 is 1.64 bits per heavy atom. The topological polar surface area (TPSA) is 96.0 Å². The zero-order chi connectivity index (χ0) is 28.6. The zero-order valence-corrected chi connectivity index (χ0v) is 24.0. The van der Waals surface area contributed by atoms with Crippen LogP contribution in [0.4, 0.5) is 5.69 Å². The van der Waals surface area contributed by atoms with Gasteiger partial charge in [-0.05, 0) is 68.7 Å². The Kier molecular flexibility index (Phi) is 10.1. The van der Waals surface area contributed by atoms with Crippen LogP contribution in [0.1, 0.15) is 37.0 Å². The monoisotopic (exact) mass is 551 g/mol. The largest absolute Gasteiger partial charge is 0.497 e. The second kappa shape index (κ2) is 13.3. The number of para-hydroxylation sites is 1. The number of sulfonamides is 1. The fourth-order valence-electron chi connectivity index (χ4n) is 4.37. The van der Waals surface area contributed by atoms with Gasteiger partial charge in [0.1, 0.15) is 18.3 Å². The van der Waals surface area contributed by atoms with Gasteiger partial charge in [0.2, 0.25) is 11.8 Å². The van der Waals surface area contributed by atoms with E-state index in [1.807, 2.05) is 39.0 Å². The number of nitrogens with one attached hydrogen (secondary N) is 1. The van der Waals surface area contributed by atoms with E-state index in [2.05, 4.69) is 5.32 Å². The van der Waals surface area contributed by atoms with Crippen molar-refractivity contribution < 1.29 is 22.7 Å². The molecular formula is C30H37N3O5S. The van der Waals surface area contributed by atoms with Crippen molar-refractivity contribution in [2.45, 2.75) is 51.6 Å². The van der Waals surface area contributed by atoms with Gasteiger partial charge >= 0.3 is 0 Å². The van der Waals surface area contributed by atoms with Gasteiger partial charge in [-0.1, -0.05) is 55.0 Å². The number of likely N-dealkylation sites (N-methyl/N-ethyl adjacent to an activating group) is 1. The molecule has 1 atom stereocenters. The molecule has 0 aromatic heterocycles. The Balaban J connectivity index is 2.08. The molecule has 1 unspecified atom stereocenters. The number of carbonyl (C=O) groups excluding carboxylic acids is 2. The first-order chi connectivity index (χ1) is 18.6. The highest BCUT2D eigenvalue weighted by molar-refractivity contribution is 7.92. The van der Waals surface area contributed by atoms with Crippen molar-refractivity contribution in [3.63, 3.8) is 0 Å². The molecule has 0 radical (unpaired) electrons. The molecule has 0 spiro atoms. The number of methoxy groups -OCH3 is 1. The van der Waals surface area contributed by atoms with Crippen molar-refractivity contribution in [1.29, 1.82) is 0 Å². The van der Waals surface area contributed by atoms with Crippen LogP contribution in [0.2, 0.25) is 0 Å². The SMILES string of the molecule is CCNC(=O)C(CC)N(Cc1cccc(OC)c1)C(=O)CN(c1ccccc1C)S(=O)(=O)c1ccc(C)cc1. The first-order valence-electron chi connectivity index (χ1n) is 13.0. The number of rotatable bonds is 12. The van der Waals surface area contributed by atoms with Crippen LogP contribution in [0.3, 0.4) is 0 Å². The van der Waals surface area contributed by atoms with E-state index in [1.165, 1.54) is 17.0 Å². The molecule has 3 aromatic rings. The maximum Gasteiger partial charge on any atom is 0.264 e. The predicted octanol–water partition coefficient (Wildman–Crippen LogP) is 4.45. The molecule has 0 saturated carbocycles. The summed E-state index contributed by atoms with van der Waals surface area (Å²) in [6.45, 7) is 7.37. The smallest absolute Gasteiger partial charge is 0.264 e. The first kappa shape index (κ1) is 29.7. The molecule has 39 heavy (non-hydrogen) atoms. The van der Waals surface area contributed by atoms with E-state index in [-0.39, 0.29) is 17.3 Å². The highest BCUT2D eigenvalue weighted by Gasteiger charge is 2.34. The Morgan fingerprint density at radius 3 is 2.26 bits per heavy atom. The third-order valence-electron chi connectivity index (χ3n) is 6.50. The molecule has 208 valence electrons. The van der Waals surface area contributed by atoms with E-state index in [9.17, 15) is 18.0 Å². The normalized spacial score (nSPS) is 11.9. The van der Waals surface area contributed by atoms with Crippen LogP contribution in [0.15, 0.2) is 77.7 Å². The summed E-state index contributed by atoms with van der Waals surface area (Å²) in [5.41, 5.74) is 2.79. The summed E-state index contributed by atoms with van der Waals surface area (Å²) in [5, 5.41) is 2.81. The lowest BCUT2D eigenvalue weighted by Gasteiger charge is -2.33. The van der Waals surface area contributed by atoms with Crippen LogP contribution in [-0.2, 0) is 26.2 Å². The summed E-state index contributed by atoms with van der Waals surface area (Å²) in [5.74, 6) is -0.163. The van der Waals surface area contributed by atoms with Crippen molar-refractivity contribution in [3.05, 3.63) is 89.5 Å². The number of benzene rings is 3. The van der Waals surface area contributed by atoms with Crippen molar-refractivity contribution in [2.24, 2.45) is 0 Å². The quantitative estimate of drug-likeness (QED) is 0.359. The predicted molar refractivity (Wildman–Crippen MR) is 153 cm³/mol. The summed E-state index contributed by atoms with van der Waals surface area (Å²) in [4.78, 5) is 28.6. The van der Waals surface area contributed by atoms with Gasteiger partial charge in [0.15, 0.2) is 0 Å². The third kappa shape index (κ3) is 7.17. The molecule has 8 nitrogen and oxygen atoms in total. The van der Waals surface area contributed by atoms with Crippen molar-refractivity contribution in [2.75, 3.05) is 24.5 Å². The lowest BCUT2D eigenvalue weighted by molar-refractivity contribution is -0.140. The lowest BCUT2D eigenvalue weighted by atomic mass is 10.1. The Labute approximate surface area is 231 Å². The van der Waals surface area contributed by atoms with Gasteiger partial charge < -0.3 is 15.0 Å². The van der Waals surface area contributed by atoms with E-state index in [0.29, 0.717) is 30.0 Å². The number of amides is 2. The summed E-state index contributed by atoms with van der Waals surface area (Å²) in [6, 6.07) is 20.0. The van der Waals surface area contributed by atoms with Crippen molar-refractivity contribution >= 4 is 27.5 Å². The number of hydrogen-bond acceptors (Lipinski definition) is 5. The molecule has 9 heteroatoms. The Hall–Kier alpha value is -3.85. The molecule has 0 aliphatic heterocycles. The summed E-state index contributed by atoms with van der Waals surface area (Å²) >= 11 is 0. The number of ether oxygens (including phenoxy) is 1. The number of carbonyl (C=O) groups is 2. The molecule has 0 bridgehead atoms. The molecule has 2 amide bonds. The van der Waals surface area contributed by atoms with Gasteiger partial charge in [-0.25, -0.2) is 8.42 Å². The van der Waals surface area contributed by atoms with Gasteiger partial charge in [-0.2, -0.15) is 0 Å². The third-order valence-corrected chi connectivity index (χ3v) is 8.27. The fourth-order valence-corrected chi connectivity index (χ4v) is 5.85.